The zero-order chi connectivity index (χ0) is 37.9. The minimum atomic E-state index is -0.0997. The number of aromatic nitrogens is 3. The van der Waals surface area contributed by atoms with Crippen molar-refractivity contribution in [2.75, 3.05) is 4.90 Å². The van der Waals surface area contributed by atoms with Crippen molar-refractivity contribution in [2.45, 2.75) is 12.0 Å². The van der Waals surface area contributed by atoms with E-state index in [1.54, 1.807) is 0 Å². The van der Waals surface area contributed by atoms with Crippen LogP contribution in [0.15, 0.2) is 188 Å². The number of hydrogen-bond acceptors (Lipinski definition) is 3. The van der Waals surface area contributed by atoms with E-state index >= 15 is 0 Å². The molecule has 0 amide bonds. The third-order valence-corrected chi connectivity index (χ3v) is 12.6. The van der Waals surface area contributed by atoms with E-state index in [1.807, 2.05) is 0 Å². The Bertz CT molecular complexity index is 3540. The Morgan fingerprint density at radius 3 is 1.90 bits per heavy atom. The van der Waals surface area contributed by atoms with Crippen LogP contribution < -0.4 is 4.90 Å². The van der Waals surface area contributed by atoms with Crippen LogP contribution in [-0.4, -0.2) is 14.5 Å². The fourth-order valence-electron chi connectivity index (χ4n) is 10.0. The summed E-state index contributed by atoms with van der Waals surface area (Å²) >= 11 is 0. The van der Waals surface area contributed by atoms with E-state index in [9.17, 15) is 0 Å². The summed E-state index contributed by atoms with van der Waals surface area (Å²) in [5.74, 6) is 0.781. The predicted molar refractivity (Wildman–Crippen MR) is 241 cm³/mol. The molecule has 270 valence electrons. The zero-order valence-electron chi connectivity index (χ0n) is 31.4. The number of benzene rings is 9. The van der Waals surface area contributed by atoms with Gasteiger partial charge in [-0.05, 0) is 97.9 Å². The first-order valence-corrected chi connectivity index (χ1v) is 20.1. The van der Waals surface area contributed by atoms with Crippen molar-refractivity contribution in [1.82, 2.24) is 14.5 Å². The van der Waals surface area contributed by atoms with Crippen LogP contribution in [-0.2, 0) is 0 Å². The summed E-state index contributed by atoms with van der Waals surface area (Å²) in [4.78, 5) is 13.8. The molecule has 1 aliphatic heterocycles. The van der Waals surface area contributed by atoms with Crippen LogP contribution in [0.3, 0.4) is 0 Å². The van der Waals surface area contributed by atoms with Crippen LogP contribution in [0.2, 0.25) is 0 Å². The molecule has 58 heavy (non-hydrogen) atoms. The molecule has 2 aliphatic rings. The van der Waals surface area contributed by atoms with Crippen LogP contribution in [0.1, 0.15) is 28.8 Å². The Morgan fingerprint density at radius 2 is 1.10 bits per heavy atom. The summed E-state index contributed by atoms with van der Waals surface area (Å²) in [6.45, 7) is 0. The van der Waals surface area contributed by atoms with E-state index in [4.69, 9.17) is 9.97 Å². The molecule has 4 heteroatoms. The fraction of sp³-hybridized carbons (Fsp3) is 0.0370. The van der Waals surface area contributed by atoms with Gasteiger partial charge in [-0.15, -0.1) is 0 Å². The molecule has 4 nitrogen and oxygen atoms in total. The monoisotopic (exact) mass is 738 g/mol. The molecule has 0 fully saturated rings. The summed E-state index contributed by atoms with van der Waals surface area (Å²) in [7, 11) is 0. The lowest BCUT2D eigenvalue weighted by Crippen LogP contribution is -2.26. The standard InChI is InChI=1S/C54H34N4/c1-2-19-41(20-3-1)57-47-27-26-43-45-29-36-15-6-8-17-38(36)31-48(45)58(53(43)50(47)46-30-37-16-7-9-18-39(37)32-49(46)57)54-55-51(40-23-22-33-12-4-5-14-35(33)28-40)44-25-24-34-13-10-11-21-42(34)52(44)56-54/h1-32,43,53H. The van der Waals surface area contributed by atoms with Crippen LogP contribution in [0, 0.1) is 0 Å². The first-order chi connectivity index (χ1) is 28.7. The van der Waals surface area contributed by atoms with Gasteiger partial charge < -0.3 is 9.47 Å². The van der Waals surface area contributed by atoms with Crippen molar-refractivity contribution in [3.63, 3.8) is 0 Å². The molecular weight excluding hydrogens is 705 g/mol. The third kappa shape index (κ3) is 4.51. The number of anilines is 2. The van der Waals surface area contributed by atoms with Crippen molar-refractivity contribution < 1.29 is 0 Å². The molecular formula is C54H34N4. The Labute approximate surface area is 334 Å². The molecule has 11 aromatic rings. The Balaban J connectivity index is 1.15. The SMILES string of the molecule is C1=CC2c3cc4ccccc4cc3N(c3nc(-c4ccc5ccccc5c4)c4ccc5ccccc5c4n3)C2c2c1n(-c1ccccc1)c1cc3ccccc3cc21. The van der Waals surface area contributed by atoms with Gasteiger partial charge >= 0.3 is 0 Å². The van der Waals surface area contributed by atoms with Crippen molar-refractivity contribution in [2.24, 2.45) is 0 Å². The first kappa shape index (κ1) is 31.6. The second kappa shape index (κ2) is 12.0. The predicted octanol–water partition coefficient (Wildman–Crippen LogP) is 13.9. The molecule has 13 rings (SSSR count). The van der Waals surface area contributed by atoms with Crippen molar-refractivity contribution in [3.8, 4) is 16.9 Å². The highest BCUT2D eigenvalue weighted by molar-refractivity contribution is 6.10. The molecule has 2 atom stereocenters. The average molecular weight is 739 g/mol. The normalized spacial score (nSPS) is 15.8. The molecule has 0 saturated heterocycles. The minimum Gasteiger partial charge on any atom is -0.309 e. The Kier molecular flexibility index (Phi) is 6.53. The molecule has 0 spiro atoms. The lowest BCUT2D eigenvalue weighted by molar-refractivity contribution is 0.659. The second-order valence-electron chi connectivity index (χ2n) is 15.8. The van der Waals surface area contributed by atoms with E-state index < -0.39 is 0 Å². The zero-order valence-corrected chi connectivity index (χ0v) is 31.4. The lowest BCUT2D eigenvalue weighted by atomic mass is 9.84. The van der Waals surface area contributed by atoms with Gasteiger partial charge in [0.2, 0.25) is 5.95 Å². The maximum Gasteiger partial charge on any atom is 0.231 e. The molecule has 1 aliphatic carbocycles. The fourth-order valence-corrected chi connectivity index (χ4v) is 10.0. The number of rotatable bonds is 3. The van der Waals surface area contributed by atoms with Gasteiger partial charge in [-0.3, -0.25) is 0 Å². The third-order valence-electron chi connectivity index (χ3n) is 12.6. The van der Waals surface area contributed by atoms with Gasteiger partial charge in [0.1, 0.15) is 0 Å². The van der Waals surface area contributed by atoms with Crippen LogP contribution in [0.5, 0.6) is 0 Å². The topological polar surface area (TPSA) is 34.0 Å². The summed E-state index contributed by atoms with van der Waals surface area (Å²) in [6.07, 6.45) is 4.80. The maximum absolute atomic E-state index is 5.69. The van der Waals surface area contributed by atoms with Gasteiger partial charge in [0.05, 0.1) is 28.5 Å². The van der Waals surface area contributed by atoms with Crippen molar-refractivity contribution in [1.29, 1.82) is 0 Å². The first-order valence-electron chi connectivity index (χ1n) is 20.1. The van der Waals surface area contributed by atoms with Gasteiger partial charge in [-0.1, -0.05) is 140 Å². The van der Waals surface area contributed by atoms with Gasteiger partial charge in [0.15, 0.2) is 0 Å². The largest absolute Gasteiger partial charge is 0.309 e. The van der Waals surface area contributed by atoms with Gasteiger partial charge in [0.25, 0.3) is 0 Å². The van der Waals surface area contributed by atoms with E-state index in [0.29, 0.717) is 5.95 Å². The Morgan fingerprint density at radius 1 is 0.466 bits per heavy atom. The molecule has 0 N–H and O–H groups in total. The second-order valence-corrected chi connectivity index (χ2v) is 15.8. The van der Waals surface area contributed by atoms with Gasteiger partial charge in [0, 0.05) is 44.6 Å². The summed E-state index contributed by atoms with van der Waals surface area (Å²) in [6, 6.07) is 66.0. The van der Waals surface area contributed by atoms with E-state index in [1.165, 1.54) is 60.0 Å². The van der Waals surface area contributed by atoms with Crippen LogP contribution in [0.4, 0.5) is 11.6 Å². The van der Waals surface area contributed by atoms with Crippen molar-refractivity contribution >= 4 is 82.6 Å². The number of para-hydroxylation sites is 1. The highest BCUT2D eigenvalue weighted by Crippen LogP contribution is 2.58. The molecule has 0 radical (unpaired) electrons. The quantitative estimate of drug-likeness (QED) is 0.169. The van der Waals surface area contributed by atoms with Gasteiger partial charge in [-0.25, -0.2) is 9.97 Å². The average Bonchev–Trinajstić information content (AvgIpc) is 3.78. The number of nitrogens with zero attached hydrogens (tertiary/aromatic N) is 4. The lowest BCUT2D eigenvalue weighted by Gasteiger charge is -2.31. The number of hydrogen-bond donors (Lipinski definition) is 0. The highest BCUT2D eigenvalue weighted by Gasteiger charge is 2.45. The molecule has 9 aromatic carbocycles. The van der Waals surface area contributed by atoms with Crippen LogP contribution in [0.25, 0.3) is 87.9 Å². The molecule has 3 heterocycles. The Hall–Kier alpha value is -7.56. The molecule has 0 saturated carbocycles. The van der Waals surface area contributed by atoms with Gasteiger partial charge in [-0.2, -0.15) is 0 Å². The van der Waals surface area contributed by atoms with Crippen LogP contribution >= 0.6 is 0 Å². The molecule has 0 bridgehead atoms. The molecule has 2 aromatic heterocycles. The summed E-state index contributed by atoms with van der Waals surface area (Å²) in [5, 5.41) is 11.9. The van der Waals surface area contributed by atoms with E-state index in [2.05, 4.69) is 204 Å². The summed E-state index contributed by atoms with van der Waals surface area (Å²) in [5.41, 5.74) is 10.3. The summed E-state index contributed by atoms with van der Waals surface area (Å²) < 4.78 is 2.46. The van der Waals surface area contributed by atoms with E-state index in [0.717, 1.165) is 44.3 Å². The maximum atomic E-state index is 5.69. The number of fused-ring (bicyclic) bond motifs is 13. The molecule has 2 unspecified atom stereocenters. The van der Waals surface area contributed by atoms with Crippen molar-refractivity contribution in [3.05, 3.63) is 205 Å². The smallest absolute Gasteiger partial charge is 0.231 e. The van der Waals surface area contributed by atoms with E-state index in [-0.39, 0.29) is 12.0 Å². The minimum absolute atomic E-state index is 0.0735. The highest BCUT2D eigenvalue weighted by atomic mass is 15.3.